The van der Waals surface area contributed by atoms with E-state index in [1.165, 1.54) is 11.9 Å². The van der Waals surface area contributed by atoms with Gasteiger partial charge >= 0.3 is 0 Å². The molecule has 2 aromatic carbocycles. The van der Waals surface area contributed by atoms with Crippen LogP contribution in [0.3, 0.4) is 0 Å². The monoisotopic (exact) mass is 481 g/mol. The zero-order chi connectivity index (χ0) is 23.9. The summed E-state index contributed by atoms with van der Waals surface area (Å²) in [7, 11) is -2.30. The van der Waals surface area contributed by atoms with Gasteiger partial charge in [-0.05, 0) is 55.8 Å². The molecule has 0 heterocycles. The minimum atomic E-state index is -3.77. The number of hydrogen-bond acceptors (Lipinski definition) is 5. The lowest BCUT2D eigenvalue weighted by molar-refractivity contribution is -0.139. The molecule has 0 radical (unpaired) electrons. The topological polar surface area (TPSA) is 96.0 Å². The lowest BCUT2D eigenvalue weighted by atomic mass is 10.1. The van der Waals surface area contributed by atoms with Crippen molar-refractivity contribution < 1.29 is 22.7 Å². The summed E-state index contributed by atoms with van der Waals surface area (Å²) >= 11 is 5.94. The number of likely N-dealkylation sites (N-methyl/N-ethyl adjacent to an activating group) is 1. The molecule has 0 aliphatic rings. The Labute approximate surface area is 194 Å². The highest BCUT2D eigenvalue weighted by Crippen LogP contribution is 2.22. The number of nitrogens with zero attached hydrogens (tertiary/aromatic N) is 2. The summed E-state index contributed by atoms with van der Waals surface area (Å²) in [5.74, 6) is -0.289. The first-order valence-electron chi connectivity index (χ1n) is 10.0. The molecular formula is C22H28ClN3O5S. The Hall–Kier alpha value is -2.78. The molecule has 0 saturated heterocycles. The van der Waals surface area contributed by atoms with Gasteiger partial charge in [-0.15, -0.1) is 0 Å². The van der Waals surface area contributed by atoms with E-state index < -0.39 is 28.5 Å². The zero-order valence-electron chi connectivity index (χ0n) is 18.5. The molecule has 0 aliphatic heterocycles. The lowest BCUT2D eigenvalue weighted by Gasteiger charge is -2.31. The molecule has 0 fully saturated rings. The van der Waals surface area contributed by atoms with Gasteiger partial charge in [0.2, 0.25) is 21.8 Å². The maximum absolute atomic E-state index is 13.3. The Morgan fingerprint density at radius 3 is 2.19 bits per heavy atom. The molecule has 2 amide bonds. The van der Waals surface area contributed by atoms with E-state index in [-0.39, 0.29) is 12.5 Å². The second-order valence-electron chi connectivity index (χ2n) is 7.13. The van der Waals surface area contributed by atoms with Crippen LogP contribution in [0, 0.1) is 0 Å². The van der Waals surface area contributed by atoms with E-state index in [1.807, 2.05) is 6.92 Å². The fourth-order valence-electron chi connectivity index (χ4n) is 3.07. The SMILES string of the molecule is CCOc1ccc(N(CC(=O)N(Cc2ccc(Cl)cc2)[C@H](C)C(=O)NC)S(C)(=O)=O)cc1. The molecule has 0 aliphatic carbocycles. The van der Waals surface area contributed by atoms with Gasteiger partial charge in [-0.25, -0.2) is 8.42 Å². The normalized spacial score (nSPS) is 12.0. The molecule has 1 N–H and O–H groups in total. The number of rotatable bonds is 10. The number of nitrogens with one attached hydrogen (secondary N) is 1. The third kappa shape index (κ3) is 6.86. The van der Waals surface area contributed by atoms with Crippen LogP contribution < -0.4 is 14.4 Å². The summed E-state index contributed by atoms with van der Waals surface area (Å²) in [5, 5.41) is 3.07. The van der Waals surface area contributed by atoms with Crippen LogP contribution >= 0.6 is 11.6 Å². The summed E-state index contributed by atoms with van der Waals surface area (Å²) < 4.78 is 31.4. The minimum Gasteiger partial charge on any atom is -0.494 e. The van der Waals surface area contributed by atoms with Gasteiger partial charge in [0.25, 0.3) is 0 Å². The fourth-order valence-corrected chi connectivity index (χ4v) is 4.04. The van der Waals surface area contributed by atoms with Crippen molar-refractivity contribution in [2.75, 3.05) is 30.8 Å². The van der Waals surface area contributed by atoms with Gasteiger partial charge in [0, 0.05) is 18.6 Å². The van der Waals surface area contributed by atoms with Crippen LogP contribution in [0.5, 0.6) is 5.75 Å². The van der Waals surface area contributed by atoms with Gasteiger partial charge in [0.15, 0.2) is 0 Å². The molecule has 32 heavy (non-hydrogen) atoms. The third-order valence-electron chi connectivity index (χ3n) is 4.79. The Balaban J connectivity index is 2.34. The fraction of sp³-hybridized carbons (Fsp3) is 0.364. The molecule has 1 atom stereocenters. The van der Waals surface area contributed by atoms with Crippen molar-refractivity contribution in [3.63, 3.8) is 0 Å². The van der Waals surface area contributed by atoms with Gasteiger partial charge in [0.05, 0.1) is 18.6 Å². The number of benzene rings is 2. The van der Waals surface area contributed by atoms with Gasteiger partial charge < -0.3 is 15.0 Å². The number of hydrogen-bond donors (Lipinski definition) is 1. The summed E-state index contributed by atoms with van der Waals surface area (Å²) in [4.78, 5) is 26.9. The van der Waals surface area contributed by atoms with Crippen molar-refractivity contribution in [1.82, 2.24) is 10.2 Å². The number of sulfonamides is 1. The van der Waals surface area contributed by atoms with Gasteiger partial charge in [-0.3, -0.25) is 13.9 Å². The molecule has 8 nitrogen and oxygen atoms in total. The average Bonchev–Trinajstić information content (AvgIpc) is 2.76. The zero-order valence-corrected chi connectivity index (χ0v) is 20.1. The molecule has 0 saturated carbocycles. The third-order valence-corrected chi connectivity index (χ3v) is 6.19. The van der Waals surface area contributed by atoms with Gasteiger partial charge in [0.1, 0.15) is 18.3 Å². The van der Waals surface area contributed by atoms with E-state index >= 15 is 0 Å². The number of halogens is 1. The quantitative estimate of drug-likeness (QED) is 0.562. The molecular weight excluding hydrogens is 454 g/mol. The van der Waals surface area contributed by atoms with Crippen LogP contribution in [0.25, 0.3) is 0 Å². The predicted molar refractivity (Wildman–Crippen MR) is 125 cm³/mol. The Morgan fingerprint density at radius 2 is 1.69 bits per heavy atom. The molecule has 2 aromatic rings. The number of ether oxygens (including phenoxy) is 1. The summed E-state index contributed by atoms with van der Waals surface area (Å²) in [6.07, 6.45) is 1.03. The van der Waals surface area contributed by atoms with Gasteiger partial charge in [-0.1, -0.05) is 23.7 Å². The highest BCUT2D eigenvalue weighted by atomic mass is 35.5. The first-order valence-corrected chi connectivity index (χ1v) is 12.3. The minimum absolute atomic E-state index is 0.117. The maximum Gasteiger partial charge on any atom is 0.244 e. The van der Waals surface area contributed by atoms with Crippen LogP contribution in [0.1, 0.15) is 19.4 Å². The predicted octanol–water partition coefficient (Wildman–Crippen LogP) is 2.67. The summed E-state index contributed by atoms with van der Waals surface area (Å²) in [6.45, 7) is 3.57. The summed E-state index contributed by atoms with van der Waals surface area (Å²) in [5.41, 5.74) is 1.08. The van der Waals surface area contributed by atoms with Crippen molar-refractivity contribution in [2.45, 2.75) is 26.4 Å². The Bertz CT molecular complexity index is 1030. The second kappa shape index (κ2) is 11.2. The molecule has 0 unspecified atom stereocenters. The van der Waals surface area contributed by atoms with E-state index in [9.17, 15) is 18.0 Å². The van der Waals surface area contributed by atoms with Crippen molar-refractivity contribution in [2.24, 2.45) is 0 Å². The highest BCUT2D eigenvalue weighted by Gasteiger charge is 2.29. The smallest absolute Gasteiger partial charge is 0.244 e. The molecule has 0 spiro atoms. The van der Waals surface area contributed by atoms with E-state index in [1.54, 1.807) is 55.5 Å². The second-order valence-corrected chi connectivity index (χ2v) is 9.48. The van der Waals surface area contributed by atoms with E-state index in [0.717, 1.165) is 16.1 Å². The van der Waals surface area contributed by atoms with E-state index in [2.05, 4.69) is 5.32 Å². The number of carbonyl (C=O) groups excluding carboxylic acids is 2. The Morgan fingerprint density at radius 1 is 1.09 bits per heavy atom. The standard InChI is InChI=1S/C22H28ClN3O5S/c1-5-31-20-12-10-19(11-13-20)26(32(4,29)30)15-21(27)25(16(2)22(28)24-3)14-17-6-8-18(23)9-7-17/h6-13,16H,5,14-15H2,1-4H3,(H,24,28)/t16-/m1/s1. The van der Waals surface area contributed by atoms with Crippen LogP contribution in [0.4, 0.5) is 5.69 Å². The van der Waals surface area contributed by atoms with E-state index in [0.29, 0.717) is 23.1 Å². The number of amides is 2. The molecule has 174 valence electrons. The summed E-state index contributed by atoms with van der Waals surface area (Å²) in [6, 6.07) is 12.5. The molecule has 0 aromatic heterocycles. The van der Waals surface area contributed by atoms with E-state index in [4.69, 9.17) is 16.3 Å². The molecule has 10 heteroatoms. The molecule has 2 rings (SSSR count). The maximum atomic E-state index is 13.3. The average molecular weight is 482 g/mol. The molecule has 0 bridgehead atoms. The van der Waals surface area contributed by atoms with Crippen molar-refractivity contribution in [3.05, 3.63) is 59.1 Å². The Kier molecular flexibility index (Phi) is 8.91. The van der Waals surface area contributed by atoms with Crippen molar-refractivity contribution >= 4 is 39.1 Å². The van der Waals surface area contributed by atoms with Crippen LogP contribution in [-0.4, -0.2) is 57.6 Å². The van der Waals surface area contributed by atoms with Crippen LogP contribution in [-0.2, 0) is 26.2 Å². The first kappa shape index (κ1) is 25.5. The number of anilines is 1. The number of carbonyl (C=O) groups is 2. The highest BCUT2D eigenvalue weighted by molar-refractivity contribution is 7.92. The van der Waals surface area contributed by atoms with Crippen LogP contribution in [0.15, 0.2) is 48.5 Å². The van der Waals surface area contributed by atoms with Crippen molar-refractivity contribution in [3.8, 4) is 5.75 Å². The van der Waals surface area contributed by atoms with Crippen LogP contribution in [0.2, 0.25) is 5.02 Å². The van der Waals surface area contributed by atoms with Crippen molar-refractivity contribution in [1.29, 1.82) is 0 Å². The lowest BCUT2D eigenvalue weighted by Crippen LogP contribution is -2.50. The first-order chi connectivity index (χ1) is 15.1. The largest absolute Gasteiger partial charge is 0.494 e. The van der Waals surface area contributed by atoms with Gasteiger partial charge in [-0.2, -0.15) is 0 Å².